The maximum atomic E-state index is 3.55. The largest absolute Gasteiger partial charge is 0.317 e. The SMILES string of the molecule is CN(CCCNCCC1CC1)Cc1ccccc1. The lowest BCUT2D eigenvalue weighted by Gasteiger charge is -2.16. The minimum atomic E-state index is 1.05. The third kappa shape index (κ3) is 5.65. The molecule has 0 amide bonds. The molecule has 0 heterocycles. The van der Waals surface area contributed by atoms with Crippen LogP contribution in [0, 0.1) is 5.92 Å². The molecule has 0 unspecified atom stereocenters. The van der Waals surface area contributed by atoms with Crippen LogP contribution in [-0.4, -0.2) is 31.6 Å². The lowest BCUT2D eigenvalue weighted by atomic mass is 10.2. The van der Waals surface area contributed by atoms with E-state index in [1.807, 2.05) is 0 Å². The lowest BCUT2D eigenvalue weighted by molar-refractivity contribution is 0.319. The third-order valence-electron chi connectivity index (χ3n) is 3.61. The molecule has 1 aromatic rings. The first kappa shape index (κ1) is 13.6. The maximum absolute atomic E-state index is 3.55. The zero-order valence-electron chi connectivity index (χ0n) is 11.6. The molecule has 0 bridgehead atoms. The minimum absolute atomic E-state index is 1.05. The second-order valence-corrected chi connectivity index (χ2v) is 5.56. The van der Waals surface area contributed by atoms with Gasteiger partial charge in [-0.3, -0.25) is 0 Å². The Balaban J connectivity index is 1.47. The van der Waals surface area contributed by atoms with Crippen LogP contribution >= 0.6 is 0 Å². The molecule has 0 atom stereocenters. The molecule has 0 aliphatic heterocycles. The normalized spacial score (nSPS) is 15.2. The summed E-state index contributed by atoms with van der Waals surface area (Å²) in [4.78, 5) is 2.40. The molecular formula is C16H26N2. The number of benzene rings is 1. The quantitative estimate of drug-likeness (QED) is 0.674. The van der Waals surface area contributed by atoms with Gasteiger partial charge in [0.2, 0.25) is 0 Å². The van der Waals surface area contributed by atoms with Gasteiger partial charge in [-0.15, -0.1) is 0 Å². The molecule has 1 fully saturated rings. The Kier molecular flexibility index (Phi) is 5.69. The van der Waals surface area contributed by atoms with Crippen LogP contribution < -0.4 is 5.32 Å². The van der Waals surface area contributed by atoms with Gasteiger partial charge in [0.1, 0.15) is 0 Å². The summed E-state index contributed by atoms with van der Waals surface area (Å²) >= 11 is 0. The molecule has 1 aromatic carbocycles. The Morgan fingerprint density at radius 3 is 2.67 bits per heavy atom. The molecule has 2 rings (SSSR count). The Hall–Kier alpha value is -0.860. The summed E-state index contributed by atoms with van der Waals surface area (Å²) < 4.78 is 0. The van der Waals surface area contributed by atoms with Crippen molar-refractivity contribution >= 4 is 0 Å². The lowest BCUT2D eigenvalue weighted by Crippen LogP contribution is -2.24. The van der Waals surface area contributed by atoms with Crippen molar-refractivity contribution in [2.45, 2.75) is 32.2 Å². The fourth-order valence-electron chi connectivity index (χ4n) is 2.29. The highest BCUT2D eigenvalue weighted by atomic mass is 15.1. The number of nitrogens with zero attached hydrogens (tertiary/aromatic N) is 1. The molecule has 1 aliphatic carbocycles. The summed E-state index contributed by atoms with van der Waals surface area (Å²) in [5.74, 6) is 1.05. The van der Waals surface area contributed by atoms with Gasteiger partial charge in [-0.2, -0.15) is 0 Å². The van der Waals surface area contributed by atoms with Crippen LogP contribution in [0.2, 0.25) is 0 Å². The highest BCUT2D eigenvalue weighted by Gasteiger charge is 2.19. The van der Waals surface area contributed by atoms with E-state index in [1.54, 1.807) is 0 Å². The van der Waals surface area contributed by atoms with E-state index < -0.39 is 0 Å². The molecule has 1 saturated carbocycles. The Bertz CT molecular complexity index is 319. The molecule has 2 heteroatoms. The van der Waals surface area contributed by atoms with Gasteiger partial charge >= 0.3 is 0 Å². The van der Waals surface area contributed by atoms with Gasteiger partial charge < -0.3 is 10.2 Å². The first-order chi connectivity index (χ1) is 8.84. The summed E-state index contributed by atoms with van der Waals surface area (Å²) in [7, 11) is 2.21. The van der Waals surface area contributed by atoms with Gasteiger partial charge in [0.15, 0.2) is 0 Å². The summed E-state index contributed by atoms with van der Waals surface area (Å²) in [5, 5.41) is 3.55. The van der Waals surface area contributed by atoms with Crippen molar-refractivity contribution in [2.75, 3.05) is 26.7 Å². The van der Waals surface area contributed by atoms with Crippen molar-refractivity contribution in [3.05, 3.63) is 35.9 Å². The minimum Gasteiger partial charge on any atom is -0.317 e. The fourth-order valence-corrected chi connectivity index (χ4v) is 2.29. The summed E-state index contributed by atoms with van der Waals surface area (Å²) in [6.45, 7) is 4.60. The van der Waals surface area contributed by atoms with E-state index in [2.05, 4.69) is 47.6 Å². The highest BCUT2D eigenvalue weighted by molar-refractivity contribution is 5.14. The number of hydrogen-bond acceptors (Lipinski definition) is 2. The maximum Gasteiger partial charge on any atom is 0.0230 e. The van der Waals surface area contributed by atoms with E-state index >= 15 is 0 Å². The van der Waals surface area contributed by atoms with Crippen molar-refractivity contribution in [3.63, 3.8) is 0 Å². The first-order valence-corrected chi connectivity index (χ1v) is 7.28. The molecule has 0 aromatic heterocycles. The van der Waals surface area contributed by atoms with Crippen LogP contribution in [0.15, 0.2) is 30.3 Å². The number of nitrogens with one attached hydrogen (secondary N) is 1. The van der Waals surface area contributed by atoms with Gasteiger partial charge in [-0.05, 0) is 51.0 Å². The summed E-state index contributed by atoms with van der Waals surface area (Å²) in [6.07, 6.45) is 5.58. The molecule has 1 N–H and O–H groups in total. The van der Waals surface area contributed by atoms with Crippen molar-refractivity contribution in [3.8, 4) is 0 Å². The average Bonchev–Trinajstić information content (AvgIpc) is 3.19. The molecule has 0 spiro atoms. The molecular weight excluding hydrogens is 220 g/mol. The predicted octanol–water partition coefficient (Wildman–Crippen LogP) is 2.90. The van der Waals surface area contributed by atoms with E-state index in [0.29, 0.717) is 0 Å². The van der Waals surface area contributed by atoms with Crippen molar-refractivity contribution in [1.29, 1.82) is 0 Å². The number of hydrogen-bond donors (Lipinski definition) is 1. The van der Waals surface area contributed by atoms with E-state index in [4.69, 9.17) is 0 Å². The van der Waals surface area contributed by atoms with Crippen LogP contribution in [-0.2, 0) is 6.54 Å². The molecule has 0 radical (unpaired) electrons. The second kappa shape index (κ2) is 7.55. The first-order valence-electron chi connectivity index (χ1n) is 7.28. The van der Waals surface area contributed by atoms with E-state index in [0.717, 1.165) is 19.0 Å². The Morgan fingerprint density at radius 2 is 1.94 bits per heavy atom. The van der Waals surface area contributed by atoms with E-state index in [1.165, 1.54) is 44.3 Å². The molecule has 0 saturated heterocycles. The van der Waals surface area contributed by atoms with Crippen LogP contribution in [0.3, 0.4) is 0 Å². The van der Waals surface area contributed by atoms with Crippen molar-refractivity contribution in [1.82, 2.24) is 10.2 Å². The van der Waals surface area contributed by atoms with Gasteiger partial charge in [-0.25, -0.2) is 0 Å². The molecule has 2 nitrogen and oxygen atoms in total. The van der Waals surface area contributed by atoms with Gasteiger partial charge in [0.05, 0.1) is 0 Å². The molecule has 1 aliphatic rings. The zero-order chi connectivity index (χ0) is 12.6. The third-order valence-corrected chi connectivity index (χ3v) is 3.61. The van der Waals surface area contributed by atoms with Crippen LogP contribution in [0.25, 0.3) is 0 Å². The van der Waals surface area contributed by atoms with Gasteiger partial charge in [0.25, 0.3) is 0 Å². The number of rotatable bonds is 9. The van der Waals surface area contributed by atoms with Crippen LogP contribution in [0.1, 0.15) is 31.2 Å². The van der Waals surface area contributed by atoms with Crippen molar-refractivity contribution in [2.24, 2.45) is 5.92 Å². The van der Waals surface area contributed by atoms with Gasteiger partial charge in [0, 0.05) is 6.54 Å². The van der Waals surface area contributed by atoms with Crippen molar-refractivity contribution < 1.29 is 0 Å². The predicted molar refractivity (Wildman–Crippen MR) is 77.6 cm³/mol. The molecule has 100 valence electrons. The smallest absolute Gasteiger partial charge is 0.0230 e. The Labute approximate surface area is 111 Å². The monoisotopic (exact) mass is 246 g/mol. The second-order valence-electron chi connectivity index (χ2n) is 5.56. The average molecular weight is 246 g/mol. The van der Waals surface area contributed by atoms with Gasteiger partial charge in [-0.1, -0.05) is 43.2 Å². The highest BCUT2D eigenvalue weighted by Crippen LogP contribution is 2.31. The molecule has 18 heavy (non-hydrogen) atoms. The topological polar surface area (TPSA) is 15.3 Å². The van der Waals surface area contributed by atoms with E-state index in [9.17, 15) is 0 Å². The summed E-state index contributed by atoms with van der Waals surface area (Å²) in [5.41, 5.74) is 1.40. The summed E-state index contributed by atoms with van der Waals surface area (Å²) in [6, 6.07) is 10.7. The zero-order valence-corrected chi connectivity index (χ0v) is 11.6. The Morgan fingerprint density at radius 1 is 1.17 bits per heavy atom. The van der Waals surface area contributed by atoms with E-state index in [-0.39, 0.29) is 0 Å². The van der Waals surface area contributed by atoms with Crippen LogP contribution in [0.4, 0.5) is 0 Å². The fraction of sp³-hybridized carbons (Fsp3) is 0.625. The standard InChI is InChI=1S/C16H26N2/c1-18(14-16-6-3-2-4-7-16)13-5-11-17-12-10-15-8-9-15/h2-4,6-7,15,17H,5,8-14H2,1H3. The van der Waals surface area contributed by atoms with Crippen LogP contribution in [0.5, 0.6) is 0 Å².